The number of phenolic OH excluding ortho intramolecular Hbond substituents is 1. The van der Waals surface area contributed by atoms with Crippen molar-refractivity contribution >= 4 is 58.2 Å². The molecule has 6 nitrogen and oxygen atoms in total. The van der Waals surface area contributed by atoms with Crippen molar-refractivity contribution in [1.29, 1.82) is 0 Å². The van der Waals surface area contributed by atoms with Crippen molar-refractivity contribution in [3.8, 4) is 5.75 Å². The Bertz CT molecular complexity index is 1580. The molecule has 1 aliphatic rings. The Kier molecular flexibility index (Phi) is 7.25. The molecular weight excluding hydrogens is 564 g/mol. The van der Waals surface area contributed by atoms with Gasteiger partial charge in [-0.05, 0) is 42.8 Å². The van der Waals surface area contributed by atoms with Gasteiger partial charge in [-0.25, -0.2) is 9.79 Å². The van der Waals surface area contributed by atoms with Crippen LogP contribution in [0.2, 0.25) is 15.1 Å². The summed E-state index contributed by atoms with van der Waals surface area (Å²) in [5.74, 6) is -1.63. The van der Waals surface area contributed by atoms with Crippen LogP contribution in [0.4, 0.5) is 13.2 Å². The standard InChI is InChI=1S/C23H14Cl3F3N2O4S/c1-2-35-21(34)16-17(10-3-5-12(24)6-4-10)31-20(33)15(36-22(31)30-19(16)23(27,28)29)8-11-7-13(25)9-14(26)18(11)32/h3-9,17,32H,2H2,1H3/b15-8-/t17-/m1/s1. The highest BCUT2D eigenvalue weighted by Gasteiger charge is 2.45. The van der Waals surface area contributed by atoms with E-state index in [0.717, 1.165) is 4.57 Å². The van der Waals surface area contributed by atoms with Crippen molar-refractivity contribution in [2.45, 2.75) is 19.1 Å². The largest absolute Gasteiger partial charge is 0.506 e. The molecule has 0 aliphatic carbocycles. The van der Waals surface area contributed by atoms with Crippen molar-refractivity contribution < 1.29 is 27.8 Å². The van der Waals surface area contributed by atoms with E-state index in [9.17, 15) is 27.9 Å². The van der Waals surface area contributed by atoms with Crippen LogP contribution >= 0.6 is 46.1 Å². The van der Waals surface area contributed by atoms with Crippen LogP contribution in [-0.2, 0) is 9.53 Å². The summed E-state index contributed by atoms with van der Waals surface area (Å²) in [5.41, 5.74) is -2.80. The summed E-state index contributed by atoms with van der Waals surface area (Å²) in [7, 11) is 0. The number of nitrogens with zero attached hydrogens (tertiary/aromatic N) is 2. The smallest absolute Gasteiger partial charge is 0.434 e. The average Bonchev–Trinajstić information content (AvgIpc) is 3.11. The van der Waals surface area contributed by atoms with E-state index in [2.05, 4.69) is 4.99 Å². The topological polar surface area (TPSA) is 80.9 Å². The molecule has 1 N–H and O–H groups in total. The lowest BCUT2D eigenvalue weighted by Gasteiger charge is -2.26. The predicted octanol–water partition coefficient (Wildman–Crippen LogP) is 5.01. The number of halogens is 6. The van der Waals surface area contributed by atoms with E-state index in [0.29, 0.717) is 16.4 Å². The second kappa shape index (κ2) is 9.93. The van der Waals surface area contributed by atoms with Crippen LogP contribution in [0.25, 0.3) is 6.08 Å². The number of aromatic hydroxyl groups is 1. The van der Waals surface area contributed by atoms with Gasteiger partial charge in [-0.2, -0.15) is 13.2 Å². The fraction of sp³-hybridized carbons (Fsp3) is 0.174. The summed E-state index contributed by atoms with van der Waals surface area (Å²) < 4.78 is 48.1. The van der Waals surface area contributed by atoms with E-state index in [1.165, 1.54) is 49.4 Å². The van der Waals surface area contributed by atoms with Gasteiger partial charge in [0.15, 0.2) is 10.5 Å². The lowest BCUT2D eigenvalue weighted by Crippen LogP contribution is -2.41. The second-order valence-electron chi connectivity index (χ2n) is 7.44. The van der Waals surface area contributed by atoms with Crippen LogP contribution in [0.5, 0.6) is 5.75 Å². The minimum absolute atomic E-state index is 0.0708. The third-order valence-corrected chi connectivity index (χ3v) is 6.87. The number of hydrogen-bond acceptors (Lipinski definition) is 6. The van der Waals surface area contributed by atoms with Gasteiger partial charge in [0.2, 0.25) is 0 Å². The van der Waals surface area contributed by atoms with Crippen LogP contribution in [0, 0.1) is 0 Å². The van der Waals surface area contributed by atoms with Gasteiger partial charge in [-0.3, -0.25) is 9.36 Å². The van der Waals surface area contributed by atoms with Gasteiger partial charge in [-0.15, -0.1) is 0 Å². The molecule has 0 saturated carbocycles. The third-order valence-electron chi connectivity index (χ3n) is 5.12. The molecule has 0 fully saturated rings. The predicted molar refractivity (Wildman–Crippen MR) is 130 cm³/mol. The maximum Gasteiger partial charge on any atom is 0.434 e. The molecule has 0 radical (unpaired) electrons. The lowest BCUT2D eigenvalue weighted by molar-refractivity contribution is -0.140. The molecule has 0 saturated heterocycles. The quantitative estimate of drug-likeness (QED) is 0.443. The minimum Gasteiger partial charge on any atom is -0.506 e. The number of benzene rings is 2. The molecule has 0 amide bonds. The number of esters is 1. The molecule has 2 heterocycles. The highest BCUT2D eigenvalue weighted by Crippen LogP contribution is 2.38. The molecule has 1 atom stereocenters. The molecule has 3 aromatic rings. The Morgan fingerprint density at radius 1 is 1.19 bits per heavy atom. The van der Waals surface area contributed by atoms with Gasteiger partial charge in [0.05, 0.1) is 27.8 Å². The fourth-order valence-corrected chi connectivity index (χ4v) is 5.27. The van der Waals surface area contributed by atoms with Crippen molar-refractivity contribution in [1.82, 2.24) is 4.57 Å². The third kappa shape index (κ3) is 4.90. The molecule has 0 spiro atoms. The van der Waals surface area contributed by atoms with Crippen LogP contribution in [0.1, 0.15) is 24.1 Å². The van der Waals surface area contributed by atoms with Gasteiger partial charge < -0.3 is 9.84 Å². The van der Waals surface area contributed by atoms with Crippen molar-refractivity contribution in [3.05, 3.63) is 93.6 Å². The van der Waals surface area contributed by atoms with E-state index in [1.807, 2.05) is 0 Å². The Morgan fingerprint density at radius 3 is 2.47 bits per heavy atom. The Hall–Kier alpha value is -2.79. The number of rotatable bonds is 4. The van der Waals surface area contributed by atoms with E-state index in [1.54, 1.807) is 0 Å². The zero-order valence-electron chi connectivity index (χ0n) is 18.1. The summed E-state index contributed by atoms with van der Waals surface area (Å²) >= 11 is 18.5. The Labute approximate surface area is 220 Å². The van der Waals surface area contributed by atoms with E-state index < -0.39 is 35.0 Å². The first kappa shape index (κ1) is 26.3. The summed E-state index contributed by atoms with van der Waals surface area (Å²) in [6, 6.07) is 6.79. The summed E-state index contributed by atoms with van der Waals surface area (Å²) in [6.07, 6.45) is -3.79. The number of fused-ring (bicyclic) bond motifs is 1. The molecule has 36 heavy (non-hydrogen) atoms. The van der Waals surface area contributed by atoms with E-state index in [4.69, 9.17) is 39.5 Å². The van der Waals surface area contributed by atoms with Gasteiger partial charge in [-0.1, -0.05) is 58.3 Å². The summed E-state index contributed by atoms with van der Waals surface area (Å²) in [6.45, 7) is 1.25. The maximum atomic E-state index is 14.1. The molecular formula is C23H14Cl3F3N2O4S. The monoisotopic (exact) mass is 576 g/mol. The molecule has 2 aromatic carbocycles. The SMILES string of the molecule is CCOC(=O)C1=C(C(F)(F)F)N=c2s/c(=C\c3cc(Cl)cc(Cl)c3O)c(=O)n2[C@@H]1c1ccc(Cl)cc1. The molecule has 1 aliphatic heterocycles. The van der Waals surface area contributed by atoms with Gasteiger partial charge in [0.25, 0.3) is 5.56 Å². The van der Waals surface area contributed by atoms with E-state index in [-0.39, 0.29) is 42.9 Å². The minimum atomic E-state index is -5.03. The number of thiazole rings is 1. The van der Waals surface area contributed by atoms with E-state index >= 15 is 0 Å². The molecule has 0 bridgehead atoms. The first-order valence-electron chi connectivity index (χ1n) is 10.2. The van der Waals surface area contributed by atoms with Crippen molar-refractivity contribution in [3.63, 3.8) is 0 Å². The molecule has 13 heteroatoms. The van der Waals surface area contributed by atoms with Crippen LogP contribution in [-0.4, -0.2) is 28.4 Å². The lowest BCUT2D eigenvalue weighted by atomic mass is 9.95. The zero-order valence-corrected chi connectivity index (χ0v) is 21.2. The summed E-state index contributed by atoms with van der Waals surface area (Å²) in [4.78, 5) is 29.6. The number of carbonyl (C=O) groups is 1. The summed E-state index contributed by atoms with van der Waals surface area (Å²) in [5, 5.41) is 10.7. The molecule has 0 unspecified atom stereocenters. The Balaban J connectivity index is 2.07. The van der Waals surface area contributed by atoms with Crippen LogP contribution < -0.4 is 14.9 Å². The second-order valence-corrected chi connectivity index (χ2v) is 9.73. The number of alkyl halides is 3. The maximum absolute atomic E-state index is 14.1. The average molecular weight is 578 g/mol. The first-order chi connectivity index (χ1) is 16.9. The zero-order chi connectivity index (χ0) is 26.4. The first-order valence-corrected chi connectivity index (χ1v) is 12.1. The number of ether oxygens (including phenoxy) is 1. The van der Waals surface area contributed by atoms with Crippen LogP contribution in [0.15, 0.2) is 57.5 Å². The number of allylic oxidation sites excluding steroid dienone is 1. The van der Waals surface area contributed by atoms with Crippen molar-refractivity contribution in [2.75, 3.05) is 6.61 Å². The number of phenols is 1. The molecule has 1 aromatic heterocycles. The molecule has 4 rings (SSSR count). The van der Waals surface area contributed by atoms with Gasteiger partial charge in [0.1, 0.15) is 5.75 Å². The van der Waals surface area contributed by atoms with Gasteiger partial charge in [0, 0.05) is 15.6 Å². The Morgan fingerprint density at radius 2 is 1.86 bits per heavy atom. The highest BCUT2D eigenvalue weighted by atomic mass is 35.5. The van der Waals surface area contributed by atoms with Gasteiger partial charge >= 0.3 is 12.1 Å². The number of aromatic nitrogens is 1. The van der Waals surface area contributed by atoms with Crippen LogP contribution in [0.3, 0.4) is 0 Å². The fourth-order valence-electron chi connectivity index (χ4n) is 3.64. The normalized spacial score (nSPS) is 16.1. The number of carbonyl (C=O) groups excluding carboxylic acids is 1. The van der Waals surface area contributed by atoms with Crippen molar-refractivity contribution in [2.24, 2.45) is 4.99 Å². The molecule has 188 valence electrons. The number of hydrogen-bond donors (Lipinski definition) is 1. The highest BCUT2D eigenvalue weighted by molar-refractivity contribution is 7.07.